The summed E-state index contributed by atoms with van der Waals surface area (Å²) in [5, 5.41) is 3.12. The molecule has 1 aliphatic heterocycles. The van der Waals surface area contributed by atoms with Gasteiger partial charge >= 0.3 is 12.4 Å². The summed E-state index contributed by atoms with van der Waals surface area (Å²) in [4.78, 5) is 14.0. The Hall–Kier alpha value is -3.44. The van der Waals surface area contributed by atoms with Crippen LogP contribution in [0.15, 0.2) is 71.6 Å². The van der Waals surface area contributed by atoms with Crippen LogP contribution in [0.5, 0.6) is 5.75 Å². The summed E-state index contributed by atoms with van der Waals surface area (Å²) in [5.41, 5.74) is 4.39. The number of carbonyl (C=O) groups is 1. The topological polar surface area (TPSA) is 87.7 Å². The van der Waals surface area contributed by atoms with E-state index in [4.69, 9.17) is 11.6 Å². The maximum atomic E-state index is 12.4. The fourth-order valence-electron chi connectivity index (χ4n) is 4.10. The molecule has 3 aromatic carbocycles. The van der Waals surface area contributed by atoms with E-state index >= 15 is 0 Å². The predicted molar refractivity (Wildman–Crippen MR) is 134 cm³/mol. The van der Waals surface area contributed by atoms with Gasteiger partial charge in [-0.25, -0.2) is 17.9 Å². The van der Waals surface area contributed by atoms with Crippen molar-refractivity contribution in [3.8, 4) is 5.75 Å². The molecule has 37 heavy (non-hydrogen) atoms. The second-order valence-electron chi connectivity index (χ2n) is 8.29. The summed E-state index contributed by atoms with van der Waals surface area (Å²) in [6, 6.07) is 16.4. The zero-order valence-electron chi connectivity index (χ0n) is 19.4. The molecule has 2 N–H and O–H groups in total. The monoisotopic (exact) mass is 553 g/mol. The molecule has 0 atom stereocenters. The molecule has 0 fully saturated rings. The second-order valence-corrected chi connectivity index (χ2v) is 10.4. The quantitative estimate of drug-likeness (QED) is 0.374. The number of ether oxygens (including phenoxy) is 1. The van der Waals surface area contributed by atoms with E-state index in [1.54, 1.807) is 0 Å². The van der Waals surface area contributed by atoms with Gasteiger partial charge in [-0.2, -0.15) is 0 Å². The lowest BCUT2D eigenvalue weighted by atomic mass is 10.0. The zero-order chi connectivity index (χ0) is 26.6. The number of nitrogens with one attached hydrogen (secondary N) is 2. The van der Waals surface area contributed by atoms with Gasteiger partial charge < -0.3 is 15.0 Å². The third-order valence-corrected chi connectivity index (χ3v) is 7.30. The van der Waals surface area contributed by atoms with Crippen LogP contribution in [0.4, 0.5) is 29.3 Å². The van der Waals surface area contributed by atoms with Crippen LogP contribution in [-0.2, 0) is 22.9 Å². The Kier molecular flexibility index (Phi) is 7.84. The highest BCUT2D eigenvalue weighted by Crippen LogP contribution is 2.37. The maximum absolute atomic E-state index is 12.4. The largest absolute Gasteiger partial charge is 0.573 e. The molecular formula is C25H23ClF3N3O4S. The summed E-state index contributed by atoms with van der Waals surface area (Å²) in [7, 11) is -4.29. The van der Waals surface area contributed by atoms with E-state index in [0.717, 1.165) is 54.0 Å². The summed E-state index contributed by atoms with van der Waals surface area (Å²) >= 11 is 6.27. The highest BCUT2D eigenvalue weighted by atomic mass is 35.5. The smallest absolute Gasteiger partial charge is 0.406 e. The summed E-state index contributed by atoms with van der Waals surface area (Å²) in [6.07, 6.45) is -2.66. The van der Waals surface area contributed by atoms with Gasteiger partial charge in [0.1, 0.15) is 5.75 Å². The maximum Gasteiger partial charge on any atom is 0.573 e. The number of nitrogens with zero attached hydrogens (tertiary/aromatic N) is 1. The SMILES string of the molecule is O=C(NCCCN1c2ccccc2CCc2ccc(Cl)cc21)NS(=O)(=O)c1ccc(OC(F)(F)F)cc1. The molecular weight excluding hydrogens is 531 g/mol. The minimum atomic E-state index is -4.90. The van der Waals surface area contributed by atoms with E-state index in [1.165, 1.54) is 5.56 Å². The minimum absolute atomic E-state index is 0.175. The number of amides is 2. The summed E-state index contributed by atoms with van der Waals surface area (Å²) in [5.74, 6) is -0.575. The molecule has 0 aromatic heterocycles. The highest BCUT2D eigenvalue weighted by molar-refractivity contribution is 7.90. The molecule has 0 saturated carbocycles. The summed E-state index contributed by atoms with van der Waals surface area (Å²) in [6.45, 7) is 0.715. The number of hydrogen-bond donors (Lipinski definition) is 2. The number of rotatable bonds is 7. The molecule has 2 amide bonds. The zero-order valence-corrected chi connectivity index (χ0v) is 21.0. The molecule has 0 saturated heterocycles. The Balaban J connectivity index is 1.36. The number of halogens is 4. The number of anilines is 2. The molecule has 196 valence electrons. The van der Waals surface area contributed by atoms with Gasteiger partial charge in [-0.3, -0.25) is 0 Å². The molecule has 1 heterocycles. The van der Waals surface area contributed by atoms with Crippen molar-refractivity contribution in [2.75, 3.05) is 18.0 Å². The van der Waals surface area contributed by atoms with Crippen molar-refractivity contribution < 1.29 is 31.1 Å². The number of para-hydroxylation sites is 1. The normalized spacial score (nSPS) is 13.2. The van der Waals surface area contributed by atoms with Crippen LogP contribution in [-0.4, -0.2) is 33.9 Å². The van der Waals surface area contributed by atoms with Crippen molar-refractivity contribution >= 4 is 39.0 Å². The highest BCUT2D eigenvalue weighted by Gasteiger charge is 2.31. The number of sulfonamides is 1. The van der Waals surface area contributed by atoms with Gasteiger partial charge in [0.2, 0.25) is 0 Å². The van der Waals surface area contributed by atoms with E-state index < -0.39 is 28.2 Å². The van der Waals surface area contributed by atoms with Crippen molar-refractivity contribution in [3.05, 3.63) is 82.9 Å². The van der Waals surface area contributed by atoms with E-state index in [9.17, 15) is 26.4 Å². The number of carbonyl (C=O) groups excluding carboxylic acids is 1. The molecule has 0 bridgehead atoms. The second kappa shape index (κ2) is 10.9. The molecule has 1 aliphatic rings. The number of aryl methyl sites for hydroxylation is 2. The molecule has 0 unspecified atom stereocenters. The van der Waals surface area contributed by atoms with Crippen molar-refractivity contribution in [2.45, 2.75) is 30.5 Å². The van der Waals surface area contributed by atoms with Crippen molar-refractivity contribution in [1.82, 2.24) is 10.0 Å². The fraction of sp³-hybridized carbons (Fsp3) is 0.240. The summed E-state index contributed by atoms with van der Waals surface area (Å²) < 4.78 is 67.2. The van der Waals surface area contributed by atoms with Crippen molar-refractivity contribution in [2.24, 2.45) is 0 Å². The van der Waals surface area contributed by atoms with Crippen LogP contribution in [0.25, 0.3) is 0 Å². The van der Waals surface area contributed by atoms with E-state index in [0.29, 0.717) is 18.0 Å². The minimum Gasteiger partial charge on any atom is -0.406 e. The van der Waals surface area contributed by atoms with E-state index in [1.807, 2.05) is 41.1 Å². The average Bonchev–Trinajstić information content (AvgIpc) is 2.97. The Morgan fingerprint density at radius 2 is 1.65 bits per heavy atom. The number of urea groups is 1. The van der Waals surface area contributed by atoms with Crippen LogP contribution in [0.2, 0.25) is 5.02 Å². The van der Waals surface area contributed by atoms with Gasteiger partial charge in [0.25, 0.3) is 10.0 Å². The molecule has 0 radical (unpaired) electrons. The van der Waals surface area contributed by atoms with Crippen LogP contribution < -0.4 is 19.7 Å². The van der Waals surface area contributed by atoms with Gasteiger partial charge in [0.15, 0.2) is 0 Å². The van der Waals surface area contributed by atoms with Crippen LogP contribution in [0.3, 0.4) is 0 Å². The Morgan fingerprint density at radius 1 is 0.973 bits per heavy atom. The van der Waals surface area contributed by atoms with Gasteiger partial charge in [-0.15, -0.1) is 13.2 Å². The molecule has 3 aromatic rings. The lowest BCUT2D eigenvalue weighted by molar-refractivity contribution is -0.274. The molecule has 0 spiro atoms. The van der Waals surface area contributed by atoms with Gasteiger partial charge in [-0.05, 0) is 72.9 Å². The van der Waals surface area contributed by atoms with Gasteiger partial charge in [-0.1, -0.05) is 35.9 Å². The standard InChI is InChI=1S/C25H23ClF3N3O4S/c26-19-9-8-18-7-6-17-4-1-2-5-22(17)32(23(18)16-19)15-3-14-30-24(33)31-37(34,35)21-12-10-20(11-13-21)36-25(27,28)29/h1-2,4-5,8-13,16H,3,6-7,14-15H2,(H2,30,31,33). The predicted octanol–water partition coefficient (Wildman–Crippen LogP) is 5.55. The van der Waals surface area contributed by atoms with Crippen molar-refractivity contribution in [3.63, 3.8) is 0 Å². The Bertz CT molecular complexity index is 1380. The molecule has 4 rings (SSSR count). The van der Waals surface area contributed by atoms with Crippen molar-refractivity contribution in [1.29, 1.82) is 0 Å². The Morgan fingerprint density at radius 3 is 2.35 bits per heavy atom. The first kappa shape index (κ1) is 26.6. The van der Waals surface area contributed by atoms with Crippen LogP contribution >= 0.6 is 11.6 Å². The third-order valence-electron chi connectivity index (χ3n) is 5.72. The van der Waals surface area contributed by atoms with Crippen LogP contribution in [0.1, 0.15) is 17.5 Å². The number of fused-ring (bicyclic) bond motifs is 2. The van der Waals surface area contributed by atoms with Gasteiger partial charge in [0, 0.05) is 29.5 Å². The number of alkyl halides is 3. The van der Waals surface area contributed by atoms with E-state index in [2.05, 4.69) is 21.0 Å². The first-order valence-corrected chi connectivity index (χ1v) is 13.2. The fourth-order valence-corrected chi connectivity index (χ4v) is 5.20. The Labute approximate surface area is 217 Å². The first-order chi connectivity index (χ1) is 17.5. The number of benzene rings is 3. The lowest BCUT2D eigenvalue weighted by Crippen LogP contribution is -2.40. The van der Waals surface area contributed by atoms with Crippen LogP contribution in [0, 0.1) is 0 Å². The van der Waals surface area contributed by atoms with Gasteiger partial charge in [0.05, 0.1) is 4.90 Å². The van der Waals surface area contributed by atoms with E-state index in [-0.39, 0.29) is 11.4 Å². The molecule has 0 aliphatic carbocycles. The number of hydrogen-bond acceptors (Lipinski definition) is 5. The first-order valence-electron chi connectivity index (χ1n) is 11.3. The lowest BCUT2D eigenvalue weighted by Gasteiger charge is -2.27. The third kappa shape index (κ3) is 6.86. The average molecular weight is 554 g/mol. The molecule has 7 nitrogen and oxygen atoms in total. The molecule has 12 heteroatoms.